The Morgan fingerprint density at radius 1 is 0.919 bits per heavy atom. The fourth-order valence-electron chi connectivity index (χ4n) is 3.90. The van der Waals surface area contributed by atoms with Gasteiger partial charge >= 0.3 is 5.97 Å². The summed E-state index contributed by atoms with van der Waals surface area (Å²) in [5, 5.41) is 26.2. The summed E-state index contributed by atoms with van der Waals surface area (Å²) in [6.07, 6.45) is 0. The Hall–Kier alpha value is -5.30. The molecule has 8 N–H and O–H groups in total. The van der Waals surface area contributed by atoms with Gasteiger partial charge < -0.3 is 36.7 Å². The highest BCUT2D eigenvalue weighted by Crippen LogP contribution is 2.42. The number of aromatic carboxylic acids is 1. The molecule has 1 aromatic heterocycles. The molecule has 1 aliphatic carbocycles. The molecule has 0 radical (unpaired) electrons. The van der Waals surface area contributed by atoms with Gasteiger partial charge in [0.1, 0.15) is 17.1 Å². The first-order valence-electron chi connectivity index (χ1n) is 10.6. The van der Waals surface area contributed by atoms with Crippen molar-refractivity contribution in [3.05, 3.63) is 70.4 Å². The summed E-state index contributed by atoms with van der Waals surface area (Å²) in [5.74, 6) is -1.16. The van der Waals surface area contributed by atoms with Gasteiger partial charge in [-0.25, -0.2) is 4.79 Å². The van der Waals surface area contributed by atoms with Gasteiger partial charge in [-0.15, -0.1) is 0 Å². The monoisotopic (exact) mass is 515 g/mol. The number of hydrogen-bond acceptors (Lipinski definition) is 10. The summed E-state index contributed by atoms with van der Waals surface area (Å²) in [6, 6.07) is 13.4. The van der Waals surface area contributed by atoms with Crippen molar-refractivity contribution in [2.45, 2.75) is 0 Å². The molecular weight excluding hydrogens is 498 g/mol. The maximum absolute atomic E-state index is 12.3. The number of thiocarbonyl (C=S) groups is 1. The number of phenolic OH excluding ortho intramolecular Hbond substituents is 1. The van der Waals surface area contributed by atoms with Crippen LogP contribution >= 0.6 is 12.2 Å². The lowest BCUT2D eigenvalue weighted by molar-refractivity contribution is 0.0697. The van der Waals surface area contributed by atoms with Crippen molar-refractivity contribution >= 4 is 57.8 Å². The second kappa shape index (κ2) is 9.05. The Bertz CT molecular complexity index is 1730. The first-order valence-corrected chi connectivity index (χ1v) is 11.0. The summed E-state index contributed by atoms with van der Waals surface area (Å²) in [5.41, 5.74) is 12.9. The lowest BCUT2D eigenvalue weighted by Gasteiger charge is -2.18. The van der Waals surface area contributed by atoms with E-state index in [1.165, 1.54) is 30.3 Å². The quantitative estimate of drug-likeness (QED) is 0.151. The number of rotatable bonds is 4. The van der Waals surface area contributed by atoms with E-state index in [2.05, 4.69) is 25.6 Å². The molecule has 0 bridgehead atoms. The van der Waals surface area contributed by atoms with E-state index in [0.29, 0.717) is 27.8 Å². The van der Waals surface area contributed by atoms with E-state index in [1.807, 2.05) is 0 Å². The molecule has 13 heteroatoms. The standard InChI is InChI=1S/C24H17N7O5S/c25-21-28-22(26)30-23(29-21)31-24(37)27-10-1-4-13(16(7-10)20(34)35)19-14-5-2-11(32)8-17(14)36-18-9-12(33)3-6-15(18)19/h1-9,32H,(H,34,35)(H6,25,26,27,28,29,30,31,37). The molecule has 2 aromatic carbocycles. The first-order chi connectivity index (χ1) is 17.7. The average Bonchev–Trinajstić information content (AvgIpc) is 2.81. The molecule has 184 valence electrons. The number of nitrogens with one attached hydrogen (secondary N) is 2. The van der Waals surface area contributed by atoms with E-state index < -0.39 is 5.97 Å². The van der Waals surface area contributed by atoms with Crippen LogP contribution in [-0.4, -0.2) is 36.2 Å². The zero-order valence-electron chi connectivity index (χ0n) is 18.7. The van der Waals surface area contributed by atoms with Gasteiger partial charge in [0, 0.05) is 34.3 Å². The van der Waals surface area contributed by atoms with Crippen LogP contribution in [0.15, 0.2) is 63.8 Å². The van der Waals surface area contributed by atoms with Gasteiger partial charge in [-0.2, -0.15) is 15.0 Å². The summed E-state index contributed by atoms with van der Waals surface area (Å²) in [7, 11) is 0. The molecule has 1 aliphatic heterocycles. The molecule has 0 fully saturated rings. The van der Waals surface area contributed by atoms with Crippen LogP contribution in [-0.2, 0) is 0 Å². The Morgan fingerprint density at radius 2 is 1.65 bits per heavy atom. The van der Waals surface area contributed by atoms with Gasteiger partial charge in [0.15, 0.2) is 10.5 Å². The summed E-state index contributed by atoms with van der Waals surface area (Å²) >= 11 is 5.27. The minimum absolute atomic E-state index is 0.0181. The van der Waals surface area contributed by atoms with Crippen LogP contribution in [0.1, 0.15) is 10.4 Å². The third-order valence-electron chi connectivity index (χ3n) is 5.35. The molecule has 0 unspecified atom stereocenters. The predicted octanol–water partition coefficient (Wildman–Crippen LogP) is 3.13. The molecule has 3 aromatic rings. The molecule has 5 rings (SSSR count). The summed E-state index contributed by atoms with van der Waals surface area (Å²) in [6.45, 7) is 0. The van der Waals surface area contributed by atoms with Gasteiger partial charge in [-0.3, -0.25) is 4.79 Å². The maximum atomic E-state index is 12.3. The van der Waals surface area contributed by atoms with Crippen molar-refractivity contribution < 1.29 is 19.4 Å². The van der Waals surface area contributed by atoms with Crippen molar-refractivity contribution in [2.75, 3.05) is 22.1 Å². The molecule has 12 nitrogen and oxygen atoms in total. The van der Waals surface area contributed by atoms with Crippen LogP contribution in [0.3, 0.4) is 0 Å². The van der Waals surface area contributed by atoms with Crippen LogP contribution in [0.2, 0.25) is 0 Å². The number of nitrogens with two attached hydrogens (primary N) is 2. The van der Waals surface area contributed by atoms with Gasteiger partial charge in [0.2, 0.25) is 17.8 Å². The highest BCUT2D eigenvalue weighted by molar-refractivity contribution is 7.80. The zero-order valence-corrected chi connectivity index (χ0v) is 19.5. The summed E-state index contributed by atoms with van der Waals surface area (Å²) < 4.78 is 5.84. The molecule has 2 aliphatic rings. The minimum atomic E-state index is -1.20. The van der Waals surface area contributed by atoms with E-state index >= 15 is 0 Å². The molecule has 0 saturated heterocycles. The maximum Gasteiger partial charge on any atom is 0.336 e. The number of aromatic hydroxyl groups is 1. The van der Waals surface area contributed by atoms with E-state index in [1.54, 1.807) is 24.3 Å². The van der Waals surface area contributed by atoms with Crippen LogP contribution in [0.25, 0.3) is 33.4 Å². The molecule has 0 spiro atoms. The second-order valence-corrected chi connectivity index (χ2v) is 8.24. The fraction of sp³-hybridized carbons (Fsp3) is 0. The SMILES string of the molecule is Nc1nc(N)nc(NC(=S)Nc2ccc(-c3c4ccc(=O)cc-4oc4cc(O)ccc34)c(C(=O)O)c2)n1. The Kier molecular flexibility index (Phi) is 5.73. The average molecular weight is 516 g/mol. The Labute approximate surface area is 213 Å². The van der Waals surface area contributed by atoms with Crippen molar-refractivity contribution in [1.82, 2.24) is 15.0 Å². The molecule has 0 saturated carbocycles. The van der Waals surface area contributed by atoms with Gasteiger partial charge in [0.25, 0.3) is 0 Å². The molecule has 37 heavy (non-hydrogen) atoms. The zero-order chi connectivity index (χ0) is 26.3. The smallest absolute Gasteiger partial charge is 0.336 e. The largest absolute Gasteiger partial charge is 0.508 e. The summed E-state index contributed by atoms with van der Waals surface area (Å²) in [4.78, 5) is 35.7. The number of carboxylic acids is 1. The number of fused-ring (bicyclic) bond motifs is 2. The van der Waals surface area contributed by atoms with Crippen LogP contribution in [0, 0.1) is 0 Å². The highest BCUT2D eigenvalue weighted by atomic mass is 32.1. The van der Waals surface area contributed by atoms with E-state index in [0.717, 1.165) is 0 Å². The third-order valence-corrected chi connectivity index (χ3v) is 5.55. The van der Waals surface area contributed by atoms with Crippen LogP contribution in [0.4, 0.5) is 23.5 Å². The minimum Gasteiger partial charge on any atom is -0.508 e. The number of hydrogen-bond donors (Lipinski definition) is 6. The second-order valence-electron chi connectivity index (χ2n) is 7.84. The number of nitrogens with zero attached hydrogens (tertiary/aromatic N) is 3. The number of anilines is 4. The fourth-order valence-corrected chi connectivity index (χ4v) is 4.10. The van der Waals surface area contributed by atoms with Crippen molar-refractivity contribution in [3.8, 4) is 28.2 Å². The number of nitrogen functional groups attached to an aromatic ring is 2. The van der Waals surface area contributed by atoms with Crippen LogP contribution < -0.4 is 27.5 Å². The highest BCUT2D eigenvalue weighted by Gasteiger charge is 2.22. The van der Waals surface area contributed by atoms with Crippen molar-refractivity contribution in [1.29, 1.82) is 0 Å². The predicted molar refractivity (Wildman–Crippen MR) is 142 cm³/mol. The number of aromatic nitrogens is 3. The van der Waals surface area contributed by atoms with E-state index in [-0.39, 0.29) is 51.0 Å². The Balaban J connectivity index is 1.59. The van der Waals surface area contributed by atoms with E-state index in [9.17, 15) is 19.8 Å². The van der Waals surface area contributed by atoms with Gasteiger partial charge in [-0.05, 0) is 54.2 Å². The topological polar surface area (TPSA) is 203 Å². The van der Waals surface area contributed by atoms with Crippen LogP contribution in [0.5, 0.6) is 5.75 Å². The van der Waals surface area contributed by atoms with Gasteiger partial charge in [0.05, 0.1) is 5.56 Å². The Morgan fingerprint density at radius 3 is 2.38 bits per heavy atom. The molecule has 0 atom stereocenters. The lowest BCUT2D eigenvalue weighted by Crippen LogP contribution is -2.21. The first kappa shape index (κ1) is 23.4. The number of phenols is 1. The number of benzene rings is 3. The van der Waals surface area contributed by atoms with Crippen molar-refractivity contribution in [3.63, 3.8) is 0 Å². The van der Waals surface area contributed by atoms with Gasteiger partial charge in [-0.1, -0.05) is 6.07 Å². The molecule has 2 heterocycles. The lowest BCUT2D eigenvalue weighted by atomic mass is 9.90. The number of carboxylic acid groups (broad SMARTS) is 1. The van der Waals surface area contributed by atoms with E-state index in [4.69, 9.17) is 28.1 Å². The normalized spacial score (nSPS) is 10.9. The van der Waals surface area contributed by atoms with Crippen molar-refractivity contribution in [2.24, 2.45) is 0 Å². The molecular formula is C24H17N7O5S. The molecule has 0 amide bonds. The number of carbonyl (C=O) groups is 1. The third kappa shape index (κ3) is 4.66.